The number of benzene rings is 1. The van der Waals surface area contributed by atoms with Crippen molar-refractivity contribution >= 4 is 45.9 Å². The Morgan fingerprint density at radius 1 is 1.48 bits per heavy atom. The lowest BCUT2D eigenvalue weighted by molar-refractivity contribution is -0.141. The molecule has 1 aromatic rings. The zero-order valence-corrected chi connectivity index (χ0v) is 13.0. The summed E-state index contributed by atoms with van der Waals surface area (Å²) in [7, 11) is 0. The van der Waals surface area contributed by atoms with Crippen molar-refractivity contribution in [2.75, 3.05) is 11.9 Å². The minimum absolute atomic E-state index is 0.0586. The molecule has 1 heterocycles. The van der Waals surface area contributed by atoms with Gasteiger partial charge in [0.15, 0.2) is 5.37 Å². The lowest BCUT2D eigenvalue weighted by atomic mass is 10.3. The Labute approximate surface area is 132 Å². The van der Waals surface area contributed by atoms with E-state index in [0.717, 1.165) is 10.6 Å². The summed E-state index contributed by atoms with van der Waals surface area (Å²) in [4.78, 5) is 25.2. The SMILES string of the molecule is C=C(C(=O)OCC)N1C(=O)C(Nc2ccccc2)SC1=S. The summed E-state index contributed by atoms with van der Waals surface area (Å²) >= 11 is 6.32. The monoisotopic (exact) mass is 322 g/mol. The van der Waals surface area contributed by atoms with Crippen LogP contribution in [0, 0.1) is 0 Å². The van der Waals surface area contributed by atoms with Gasteiger partial charge < -0.3 is 10.1 Å². The van der Waals surface area contributed by atoms with Crippen LogP contribution in [0.5, 0.6) is 0 Å². The third-order valence-electron chi connectivity index (χ3n) is 2.70. The molecule has 7 heteroatoms. The lowest BCUT2D eigenvalue weighted by Gasteiger charge is -2.17. The minimum Gasteiger partial charge on any atom is -0.461 e. The van der Waals surface area contributed by atoms with Crippen LogP contribution >= 0.6 is 24.0 Å². The number of thiocarbonyl (C=S) groups is 1. The summed E-state index contributed by atoms with van der Waals surface area (Å²) in [5.41, 5.74) is 0.742. The normalized spacial score (nSPS) is 17.8. The smallest absolute Gasteiger partial charge is 0.354 e. The summed E-state index contributed by atoms with van der Waals surface area (Å²) in [6, 6.07) is 9.30. The highest BCUT2D eigenvalue weighted by Gasteiger charge is 2.40. The van der Waals surface area contributed by atoms with Crippen molar-refractivity contribution in [3.05, 3.63) is 42.6 Å². The van der Waals surface area contributed by atoms with Gasteiger partial charge in [0.1, 0.15) is 10.0 Å². The second-order valence-electron chi connectivity index (χ2n) is 4.11. The van der Waals surface area contributed by atoms with Gasteiger partial charge in [0.25, 0.3) is 5.91 Å². The van der Waals surface area contributed by atoms with Gasteiger partial charge in [-0.25, -0.2) is 4.79 Å². The van der Waals surface area contributed by atoms with Crippen molar-refractivity contribution in [2.45, 2.75) is 12.3 Å². The van der Waals surface area contributed by atoms with E-state index in [1.807, 2.05) is 30.3 Å². The molecule has 1 amide bonds. The first-order valence-electron chi connectivity index (χ1n) is 6.26. The molecule has 0 spiro atoms. The van der Waals surface area contributed by atoms with Gasteiger partial charge in [-0.1, -0.05) is 48.8 Å². The van der Waals surface area contributed by atoms with Crippen molar-refractivity contribution < 1.29 is 14.3 Å². The molecule has 1 unspecified atom stereocenters. The Bertz CT molecular complexity index is 589. The summed E-state index contributed by atoms with van der Waals surface area (Å²) in [5, 5.41) is 2.49. The first kappa shape index (κ1) is 15.5. The zero-order chi connectivity index (χ0) is 15.4. The Kier molecular flexibility index (Phi) is 4.98. The largest absolute Gasteiger partial charge is 0.461 e. The van der Waals surface area contributed by atoms with Gasteiger partial charge >= 0.3 is 5.97 Å². The third-order valence-corrected chi connectivity index (χ3v) is 4.11. The van der Waals surface area contributed by atoms with Crippen LogP contribution in [-0.4, -0.2) is 33.1 Å². The maximum atomic E-state index is 12.4. The fourth-order valence-electron chi connectivity index (χ4n) is 1.74. The van der Waals surface area contributed by atoms with E-state index < -0.39 is 11.3 Å². The number of carbonyl (C=O) groups excluding carboxylic acids is 2. The number of anilines is 1. The number of amides is 1. The molecule has 0 radical (unpaired) electrons. The van der Waals surface area contributed by atoms with Gasteiger partial charge in [0.05, 0.1) is 6.61 Å². The van der Waals surface area contributed by atoms with Gasteiger partial charge in [0, 0.05) is 5.69 Å². The number of ether oxygens (including phenoxy) is 1. The van der Waals surface area contributed by atoms with Crippen LogP contribution < -0.4 is 5.32 Å². The molecule has 110 valence electrons. The first-order valence-corrected chi connectivity index (χ1v) is 7.55. The fraction of sp³-hybridized carbons (Fsp3) is 0.214. The number of hydrogen-bond donors (Lipinski definition) is 1. The number of nitrogens with zero attached hydrogens (tertiary/aromatic N) is 1. The third kappa shape index (κ3) is 3.43. The standard InChI is InChI=1S/C14H14N2O3S2/c1-3-19-13(18)9(2)16-12(17)11(21-14(16)20)15-10-7-5-4-6-8-10/h4-8,11,15H,2-3H2,1H3. The number of nitrogens with one attached hydrogen (secondary N) is 1. The van der Waals surface area contributed by atoms with Gasteiger partial charge in [-0.05, 0) is 19.1 Å². The van der Waals surface area contributed by atoms with Gasteiger partial charge in [-0.3, -0.25) is 9.69 Å². The topological polar surface area (TPSA) is 58.6 Å². The van der Waals surface area contributed by atoms with Crippen LogP contribution in [-0.2, 0) is 14.3 Å². The Morgan fingerprint density at radius 2 is 2.14 bits per heavy atom. The Balaban J connectivity index is 2.10. The predicted molar refractivity (Wildman–Crippen MR) is 86.7 cm³/mol. The molecule has 0 aromatic heterocycles. The van der Waals surface area contributed by atoms with Crippen LogP contribution in [0.4, 0.5) is 5.69 Å². The Hall–Kier alpha value is -1.86. The van der Waals surface area contributed by atoms with Crippen LogP contribution in [0.15, 0.2) is 42.6 Å². The average Bonchev–Trinajstić information content (AvgIpc) is 2.74. The second kappa shape index (κ2) is 6.73. The number of esters is 1. The second-order valence-corrected chi connectivity index (χ2v) is 5.85. The summed E-state index contributed by atoms with van der Waals surface area (Å²) in [6.45, 7) is 5.50. The highest BCUT2D eigenvalue weighted by Crippen LogP contribution is 2.31. The number of hydrogen-bond acceptors (Lipinski definition) is 6. The molecule has 0 saturated carbocycles. The van der Waals surface area contributed by atoms with E-state index >= 15 is 0 Å². The summed E-state index contributed by atoms with van der Waals surface area (Å²) in [6.07, 6.45) is 0. The number of rotatable bonds is 5. The molecule has 21 heavy (non-hydrogen) atoms. The number of thioether (sulfide) groups is 1. The lowest BCUT2D eigenvalue weighted by Crippen LogP contribution is -2.36. The number of para-hydroxylation sites is 1. The molecule has 1 fully saturated rings. The first-order chi connectivity index (χ1) is 10.0. The van der Waals surface area contributed by atoms with Gasteiger partial charge in [-0.15, -0.1) is 0 Å². The molecule has 1 atom stereocenters. The van der Waals surface area contributed by atoms with E-state index in [1.165, 1.54) is 11.8 Å². The van der Waals surface area contributed by atoms with Crippen LogP contribution in [0.25, 0.3) is 0 Å². The van der Waals surface area contributed by atoms with Crippen LogP contribution in [0.3, 0.4) is 0 Å². The van der Waals surface area contributed by atoms with E-state index in [2.05, 4.69) is 11.9 Å². The Morgan fingerprint density at radius 3 is 2.76 bits per heavy atom. The van der Waals surface area contributed by atoms with Crippen LogP contribution in [0.2, 0.25) is 0 Å². The van der Waals surface area contributed by atoms with E-state index in [-0.39, 0.29) is 22.5 Å². The highest BCUT2D eigenvalue weighted by atomic mass is 32.2. The predicted octanol–water partition coefficient (Wildman–Crippen LogP) is 2.36. The minimum atomic E-state index is -0.644. The van der Waals surface area contributed by atoms with E-state index in [1.54, 1.807) is 6.92 Å². The van der Waals surface area contributed by atoms with E-state index in [9.17, 15) is 9.59 Å². The summed E-state index contributed by atoms with van der Waals surface area (Å²) in [5.74, 6) is -0.971. The van der Waals surface area contributed by atoms with Crippen molar-refractivity contribution in [2.24, 2.45) is 0 Å². The zero-order valence-electron chi connectivity index (χ0n) is 11.4. The van der Waals surface area contributed by atoms with Crippen molar-refractivity contribution in [3.63, 3.8) is 0 Å². The highest BCUT2D eigenvalue weighted by molar-refractivity contribution is 8.24. The van der Waals surface area contributed by atoms with Crippen molar-refractivity contribution in [3.8, 4) is 0 Å². The molecule has 0 bridgehead atoms. The number of carbonyl (C=O) groups is 2. The maximum Gasteiger partial charge on any atom is 0.354 e. The van der Waals surface area contributed by atoms with Gasteiger partial charge in [0.2, 0.25) is 0 Å². The van der Waals surface area contributed by atoms with Crippen molar-refractivity contribution in [1.82, 2.24) is 4.90 Å². The van der Waals surface area contributed by atoms with Crippen LogP contribution in [0.1, 0.15) is 6.92 Å². The maximum absolute atomic E-state index is 12.4. The fourth-order valence-corrected chi connectivity index (χ4v) is 3.13. The average molecular weight is 322 g/mol. The molecule has 1 N–H and O–H groups in total. The molecular formula is C14H14N2O3S2. The molecule has 1 saturated heterocycles. The molecule has 0 aliphatic carbocycles. The van der Waals surface area contributed by atoms with Crippen molar-refractivity contribution in [1.29, 1.82) is 0 Å². The van der Waals surface area contributed by atoms with E-state index in [0.29, 0.717) is 0 Å². The molecular weight excluding hydrogens is 308 g/mol. The molecule has 5 nitrogen and oxygen atoms in total. The molecule has 1 aliphatic heterocycles. The quantitative estimate of drug-likeness (QED) is 0.510. The molecule has 1 aliphatic rings. The van der Waals surface area contributed by atoms with E-state index in [4.69, 9.17) is 17.0 Å². The summed E-state index contributed by atoms with van der Waals surface area (Å²) < 4.78 is 5.13. The van der Waals surface area contributed by atoms with Gasteiger partial charge in [-0.2, -0.15) is 0 Å². The molecule has 1 aromatic carbocycles. The molecule has 2 rings (SSSR count).